The highest BCUT2D eigenvalue weighted by molar-refractivity contribution is 9.10. The summed E-state index contributed by atoms with van der Waals surface area (Å²) in [5, 5.41) is 14.6. The van der Waals surface area contributed by atoms with Crippen LogP contribution in [0.2, 0.25) is 0 Å². The van der Waals surface area contributed by atoms with Crippen molar-refractivity contribution < 1.29 is 9.90 Å². The predicted octanol–water partition coefficient (Wildman–Crippen LogP) is 4.34. The zero-order chi connectivity index (χ0) is 18.1. The summed E-state index contributed by atoms with van der Waals surface area (Å²) in [6, 6.07) is 14.5. The number of hydrazone groups is 1. The number of aromatic nitrogens is 1. The van der Waals surface area contributed by atoms with E-state index in [-0.39, 0.29) is 11.7 Å². The molecule has 1 fully saturated rings. The van der Waals surface area contributed by atoms with E-state index < -0.39 is 0 Å². The van der Waals surface area contributed by atoms with E-state index >= 15 is 0 Å². The van der Waals surface area contributed by atoms with Crippen LogP contribution in [0.4, 0.5) is 0 Å². The zero-order valence-corrected chi connectivity index (χ0v) is 15.4. The van der Waals surface area contributed by atoms with Crippen molar-refractivity contribution in [1.29, 1.82) is 0 Å². The lowest BCUT2D eigenvalue weighted by atomic mass is 10.1. The lowest BCUT2D eigenvalue weighted by Gasteiger charge is -2.08. The Balaban J connectivity index is 1.61. The van der Waals surface area contributed by atoms with Crippen LogP contribution < -0.4 is 5.43 Å². The minimum atomic E-state index is -0.295. The first kappa shape index (κ1) is 16.7. The molecule has 1 amide bonds. The molecule has 3 aromatic rings. The summed E-state index contributed by atoms with van der Waals surface area (Å²) in [6.45, 7) is 0. The molecule has 2 N–H and O–H groups in total. The van der Waals surface area contributed by atoms with Crippen LogP contribution in [0.15, 0.2) is 58.1 Å². The summed E-state index contributed by atoms with van der Waals surface area (Å²) >= 11 is 3.34. The number of aromatic hydroxyl groups is 1. The number of rotatable bonds is 4. The quantitative estimate of drug-likeness (QED) is 0.496. The average molecular weight is 410 g/mol. The third-order valence-corrected chi connectivity index (χ3v) is 4.83. The van der Waals surface area contributed by atoms with Crippen LogP contribution >= 0.6 is 15.9 Å². The summed E-state index contributed by atoms with van der Waals surface area (Å²) in [5.74, 6) is 0.251. The van der Waals surface area contributed by atoms with Gasteiger partial charge in [0.15, 0.2) is 0 Å². The van der Waals surface area contributed by atoms with Crippen LogP contribution in [-0.4, -0.2) is 22.2 Å². The van der Waals surface area contributed by atoms with Crippen molar-refractivity contribution in [2.24, 2.45) is 5.10 Å². The fourth-order valence-corrected chi connectivity index (χ4v) is 3.20. The van der Waals surface area contributed by atoms with Crippen molar-refractivity contribution in [1.82, 2.24) is 10.4 Å². The van der Waals surface area contributed by atoms with Gasteiger partial charge in [0.05, 0.1) is 17.3 Å². The van der Waals surface area contributed by atoms with Crippen LogP contribution in [0.5, 0.6) is 5.75 Å². The Kier molecular flexibility index (Phi) is 4.42. The number of nitrogens with one attached hydrogen (secondary N) is 1. The van der Waals surface area contributed by atoms with Crippen LogP contribution in [-0.2, 0) is 0 Å². The lowest BCUT2D eigenvalue weighted by Crippen LogP contribution is -2.18. The number of benzene rings is 2. The van der Waals surface area contributed by atoms with Crippen LogP contribution in [0.25, 0.3) is 10.9 Å². The average Bonchev–Trinajstić information content (AvgIpc) is 3.48. The first-order valence-electron chi connectivity index (χ1n) is 8.33. The number of hydrogen-bond acceptors (Lipinski definition) is 4. The number of carbonyl (C=O) groups is 1. The number of amides is 1. The highest BCUT2D eigenvalue weighted by Gasteiger charge is 2.26. The maximum atomic E-state index is 12.7. The number of fused-ring (bicyclic) bond motifs is 1. The Morgan fingerprint density at radius 3 is 2.85 bits per heavy atom. The van der Waals surface area contributed by atoms with Crippen molar-refractivity contribution in [3.8, 4) is 5.75 Å². The van der Waals surface area contributed by atoms with Gasteiger partial charge in [-0.2, -0.15) is 5.10 Å². The number of carbonyl (C=O) groups excluding carboxylic acids is 1. The van der Waals surface area contributed by atoms with Gasteiger partial charge in [0, 0.05) is 27.0 Å². The first-order valence-corrected chi connectivity index (χ1v) is 9.13. The Morgan fingerprint density at radius 2 is 2.04 bits per heavy atom. The van der Waals surface area contributed by atoms with Gasteiger partial charge in [-0.1, -0.05) is 34.1 Å². The summed E-state index contributed by atoms with van der Waals surface area (Å²) < 4.78 is 0.817. The minimum absolute atomic E-state index is 0.0941. The second kappa shape index (κ2) is 6.88. The fraction of sp³-hybridized carbons (Fsp3) is 0.150. The van der Waals surface area contributed by atoms with Crippen molar-refractivity contribution in [2.45, 2.75) is 18.8 Å². The third-order valence-electron chi connectivity index (χ3n) is 4.34. The molecule has 26 heavy (non-hydrogen) atoms. The van der Waals surface area contributed by atoms with Crippen molar-refractivity contribution in [2.75, 3.05) is 0 Å². The van der Waals surface area contributed by atoms with E-state index in [1.165, 1.54) is 6.21 Å². The number of phenolic OH excluding ortho intramolecular Hbond substituents is 1. The topological polar surface area (TPSA) is 74.6 Å². The van der Waals surface area contributed by atoms with Gasteiger partial charge >= 0.3 is 0 Å². The summed E-state index contributed by atoms with van der Waals surface area (Å²) in [6.07, 6.45) is 3.66. The fourth-order valence-electron chi connectivity index (χ4n) is 2.82. The largest absolute Gasteiger partial charge is 0.507 e. The molecule has 2 aromatic carbocycles. The molecular weight excluding hydrogens is 394 g/mol. The Hall–Kier alpha value is -2.73. The first-order chi connectivity index (χ1) is 12.6. The van der Waals surface area contributed by atoms with E-state index in [0.29, 0.717) is 17.0 Å². The molecular formula is C20H16BrN3O2. The lowest BCUT2D eigenvalue weighted by molar-refractivity contribution is 0.0956. The van der Waals surface area contributed by atoms with E-state index in [9.17, 15) is 9.90 Å². The molecule has 6 heteroatoms. The molecule has 0 aliphatic heterocycles. The minimum Gasteiger partial charge on any atom is -0.507 e. The van der Waals surface area contributed by atoms with Gasteiger partial charge in [-0.05, 0) is 43.2 Å². The Labute approximate surface area is 158 Å². The molecule has 0 atom stereocenters. The molecule has 0 spiro atoms. The standard InChI is InChI=1S/C20H16BrN3O2/c21-14-7-8-19(25)13(9-14)11-22-24-20(26)16-10-18(12-5-6-12)23-17-4-2-1-3-15(16)17/h1-4,7-12,25H,5-6H2,(H,24,26)/b22-11+. The molecule has 0 radical (unpaired) electrons. The number of nitrogens with zero attached hydrogens (tertiary/aromatic N) is 2. The smallest absolute Gasteiger partial charge is 0.272 e. The van der Waals surface area contributed by atoms with E-state index in [2.05, 4.69) is 31.4 Å². The van der Waals surface area contributed by atoms with Crippen molar-refractivity contribution in [3.05, 3.63) is 69.8 Å². The summed E-state index contributed by atoms with van der Waals surface area (Å²) in [7, 11) is 0. The van der Waals surface area contributed by atoms with Gasteiger partial charge < -0.3 is 5.11 Å². The van der Waals surface area contributed by atoms with Gasteiger partial charge in [0.2, 0.25) is 0 Å². The molecule has 130 valence electrons. The second-order valence-electron chi connectivity index (χ2n) is 6.29. The molecule has 1 saturated carbocycles. The van der Waals surface area contributed by atoms with Crippen LogP contribution in [0.1, 0.15) is 40.4 Å². The predicted molar refractivity (Wildman–Crippen MR) is 105 cm³/mol. The summed E-state index contributed by atoms with van der Waals surface area (Å²) in [5.41, 5.74) is 5.40. The van der Waals surface area contributed by atoms with Gasteiger partial charge in [-0.3, -0.25) is 9.78 Å². The molecule has 1 aliphatic carbocycles. The molecule has 4 rings (SSSR count). The molecule has 1 aromatic heterocycles. The Bertz CT molecular complexity index is 1030. The highest BCUT2D eigenvalue weighted by Crippen LogP contribution is 2.40. The number of hydrogen-bond donors (Lipinski definition) is 2. The number of halogens is 1. The van der Waals surface area contributed by atoms with Gasteiger partial charge in [-0.25, -0.2) is 5.43 Å². The maximum absolute atomic E-state index is 12.7. The molecule has 1 aliphatic rings. The SMILES string of the molecule is O=C(N/N=C/c1cc(Br)ccc1O)c1cc(C2CC2)nc2ccccc12. The normalized spacial score (nSPS) is 14.0. The van der Waals surface area contributed by atoms with Crippen molar-refractivity contribution >= 4 is 39.0 Å². The van der Waals surface area contributed by atoms with E-state index in [4.69, 9.17) is 0 Å². The van der Waals surface area contributed by atoms with E-state index in [1.54, 1.807) is 18.2 Å². The molecule has 0 saturated heterocycles. The second-order valence-corrected chi connectivity index (χ2v) is 7.20. The molecule has 1 heterocycles. The number of pyridine rings is 1. The third kappa shape index (κ3) is 3.46. The van der Waals surface area contributed by atoms with Crippen LogP contribution in [0.3, 0.4) is 0 Å². The Morgan fingerprint density at radius 1 is 1.23 bits per heavy atom. The zero-order valence-electron chi connectivity index (χ0n) is 13.8. The van der Waals surface area contributed by atoms with Gasteiger partial charge in [0.25, 0.3) is 5.91 Å². The monoisotopic (exact) mass is 409 g/mol. The summed E-state index contributed by atoms with van der Waals surface area (Å²) in [4.78, 5) is 17.3. The molecule has 5 nitrogen and oxygen atoms in total. The highest BCUT2D eigenvalue weighted by atomic mass is 79.9. The number of para-hydroxylation sites is 1. The van der Waals surface area contributed by atoms with Gasteiger partial charge in [-0.15, -0.1) is 0 Å². The van der Waals surface area contributed by atoms with E-state index in [0.717, 1.165) is 33.9 Å². The molecule has 0 unspecified atom stereocenters. The molecule has 0 bridgehead atoms. The van der Waals surface area contributed by atoms with Gasteiger partial charge in [0.1, 0.15) is 5.75 Å². The van der Waals surface area contributed by atoms with Crippen molar-refractivity contribution in [3.63, 3.8) is 0 Å². The van der Waals surface area contributed by atoms with Crippen LogP contribution in [0, 0.1) is 0 Å². The number of phenols is 1. The van der Waals surface area contributed by atoms with E-state index in [1.807, 2.05) is 30.3 Å². The maximum Gasteiger partial charge on any atom is 0.272 e.